The minimum absolute atomic E-state index is 0.267. The summed E-state index contributed by atoms with van der Waals surface area (Å²) in [5.74, 6) is 1.31. The number of nitrogens with zero attached hydrogens (tertiary/aromatic N) is 2. The third-order valence-corrected chi connectivity index (χ3v) is 3.77. The lowest BCUT2D eigenvalue weighted by Gasteiger charge is -2.19. The lowest BCUT2D eigenvalue weighted by molar-refractivity contribution is 0.154. The van der Waals surface area contributed by atoms with Crippen LogP contribution in [0, 0.1) is 0 Å². The molecule has 0 fully saturated rings. The van der Waals surface area contributed by atoms with Crippen LogP contribution in [0.5, 0.6) is 0 Å². The number of fused-ring (bicyclic) bond motifs is 1. The van der Waals surface area contributed by atoms with Gasteiger partial charge >= 0.3 is 0 Å². The van der Waals surface area contributed by atoms with Gasteiger partial charge in [-0.25, -0.2) is 4.98 Å². The van der Waals surface area contributed by atoms with Crippen molar-refractivity contribution in [2.45, 2.75) is 25.3 Å². The van der Waals surface area contributed by atoms with E-state index in [1.54, 1.807) is 7.11 Å². The second kappa shape index (κ2) is 6.04. The first-order chi connectivity index (χ1) is 8.71. The summed E-state index contributed by atoms with van der Waals surface area (Å²) in [5, 5.41) is 0. The van der Waals surface area contributed by atoms with Crippen LogP contribution in [0.2, 0.25) is 0 Å². The summed E-state index contributed by atoms with van der Waals surface area (Å²) in [5.41, 5.74) is 2.08. The summed E-state index contributed by atoms with van der Waals surface area (Å²) in [4.78, 5) is 4.58. The van der Waals surface area contributed by atoms with Gasteiger partial charge in [0.15, 0.2) is 0 Å². The molecule has 0 radical (unpaired) electrons. The highest BCUT2D eigenvalue weighted by atomic mass is 79.9. The van der Waals surface area contributed by atoms with Crippen molar-refractivity contribution < 1.29 is 4.74 Å². The molecule has 2 rings (SSSR count). The van der Waals surface area contributed by atoms with Crippen molar-refractivity contribution in [1.29, 1.82) is 0 Å². The van der Waals surface area contributed by atoms with Gasteiger partial charge in [0.1, 0.15) is 5.82 Å². The fraction of sp³-hybridized carbons (Fsp3) is 0.462. The second-order valence-electron chi connectivity index (χ2n) is 4.18. The number of alkyl halides is 1. The van der Waals surface area contributed by atoms with E-state index in [4.69, 9.17) is 16.3 Å². The summed E-state index contributed by atoms with van der Waals surface area (Å²) in [6.45, 7) is 2.81. The van der Waals surface area contributed by atoms with Gasteiger partial charge in [0, 0.05) is 11.6 Å². The first kappa shape index (κ1) is 13.8. The average molecular weight is 332 g/mol. The van der Waals surface area contributed by atoms with Gasteiger partial charge in [0.05, 0.1) is 29.6 Å². The molecule has 2 aromatic rings. The van der Waals surface area contributed by atoms with Gasteiger partial charge in [-0.15, -0.1) is 11.6 Å². The molecule has 0 saturated carbocycles. The molecule has 98 valence electrons. The molecule has 1 heterocycles. The van der Waals surface area contributed by atoms with Crippen LogP contribution < -0.4 is 0 Å². The standard InChI is InChI=1S/C13H16BrClN2O/c1-3-10(8-18-2)17-12-6-9(14)4-5-11(12)16-13(17)7-15/h4-6,10H,3,7-8H2,1-2H3. The Labute approximate surface area is 120 Å². The number of rotatable bonds is 5. The van der Waals surface area contributed by atoms with Gasteiger partial charge in [-0.05, 0) is 24.6 Å². The Kier molecular flexibility index (Phi) is 4.65. The zero-order chi connectivity index (χ0) is 13.1. The zero-order valence-electron chi connectivity index (χ0n) is 10.5. The van der Waals surface area contributed by atoms with Crippen molar-refractivity contribution in [1.82, 2.24) is 9.55 Å². The molecule has 1 aromatic carbocycles. The Morgan fingerprint density at radius 3 is 2.89 bits per heavy atom. The van der Waals surface area contributed by atoms with Crippen LogP contribution >= 0.6 is 27.5 Å². The van der Waals surface area contributed by atoms with Crippen LogP contribution in [0.15, 0.2) is 22.7 Å². The van der Waals surface area contributed by atoms with E-state index >= 15 is 0 Å². The molecule has 0 bridgehead atoms. The normalized spacial score (nSPS) is 13.1. The Balaban J connectivity index is 2.60. The summed E-state index contributed by atoms with van der Waals surface area (Å²) in [6.07, 6.45) is 0.982. The second-order valence-corrected chi connectivity index (χ2v) is 5.37. The smallest absolute Gasteiger partial charge is 0.125 e. The predicted molar refractivity (Wildman–Crippen MR) is 78.2 cm³/mol. The molecule has 0 aliphatic rings. The van der Waals surface area contributed by atoms with E-state index in [2.05, 4.69) is 38.5 Å². The highest BCUT2D eigenvalue weighted by Gasteiger charge is 2.17. The number of imidazole rings is 1. The monoisotopic (exact) mass is 330 g/mol. The van der Waals surface area contributed by atoms with E-state index in [9.17, 15) is 0 Å². The van der Waals surface area contributed by atoms with Crippen LogP contribution in [0.3, 0.4) is 0 Å². The van der Waals surface area contributed by atoms with Crippen molar-refractivity contribution in [2.24, 2.45) is 0 Å². The van der Waals surface area contributed by atoms with Gasteiger partial charge in [0.2, 0.25) is 0 Å². The highest BCUT2D eigenvalue weighted by molar-refractivity contribution is 9.10. The number of benzene rings is 1. The molecule has 0 saturated heterocycles. The Bertz CT molecular complexity index is 541. The Hall–Kier alpha value is -0.580. The van der Waals surface area contributed by atoms with Crippen LogP contribution in [-0.2, 0) is 10.6 Å². The quantitative estimate of drug-likeness (QED) is 0.770. The average Bonchev–Trinajstić information content (AvgIpc) is 2.73. The molecular weight excluding hydrogens is 316 g/mol. The van der Waals surface area contributed by atoms with Gasteiger partial charge in [0.25, 0.3) is 0 Å². The summed E-state index contributed by atoms with van der Waals surface area (Å²) in [7, 11) is 1.72. The van der Waals surface area contributed by atoms with E-state index in [0.29, 0.717) is 12.5 Å². The summed E-state index contributed by atoms with van der Waals surface area (Å²) >= 11 is 9.51. The molecule has 1 atom stereocenters. The number of methoxy groups -OCH3 is 1. The van der Waals surface area contributed by atoms with E-state index in [1.165, 1.54) is 0 Å². The molecule has 0 aliphatic heterocycles. The van der Waals surface area contributed by atoms with Crippen LogP contribution in [0.4, 0.5) is 0 Å². The molecule has 0 N–H and O–H groups in total. The van der Waals surface area contributed by atoms with E-state index in [1.807, 2.05) is 12.1 Å². The largest absolute Gasteiger partial charge is 0.383 e. The van der Waals surface area contributed by atoms with Crippen molar-refractivity contribution in [2.75, 3.05) is 13.7 Å². The number of halogens is 2. The van der Waals surface area contributed by atoms with Crippen molar-refractivity contribution in [3.05, 3.63) is 28.5 Å². The van der Waals surface area contributed by atoms with Crippen molar-refractivity contribution >= 4 is 38.6 Å². The first-order valence-electron chi connectivity index (χ1n) is 5.92. The van der Waals surface area contributed by atoms with Crippen LogP contribution in [-0.4, -0.2) is 23.3 Å². The molecule has 3 nitrogen and oxygen atoms in total. The van der Waals surface area contributed by atoms with E-state index in [0.717, 1.165) is 27.8 Å². The molecule has 1 unspecified atom stereocenters. The maximum Gasteiger partial charge on any atom is 0.125 e. The lowest BCUT2D eigenvalue weighted by atomic mass is 10.2. The predicted octanol–water partition coefficient (Wildman–Crippen LogP) is 4.14. The topological polar surface area (TPSA) is 27.1 Å². The molecule has 0 aliphatic carbocycles. The number of aromatic nitrogens is 2. The van der Waals surface area contributed by atoms with Crippen molar-refractivity contribution in [3.63, 3.8) is 0 Å². The van der Waals surface area contributed by atoms with Crippen LogP contribution in [0.25, 0.3) is 11.0 Å². The van der Waals surface area contributed by atoms with Crippen molar-refractivity contribution in [3.8, 4) is 0 Å². The third kappa shape index (κ3) is 2.56. The number of ether oxygens (including phenoxy) is 1. The number of hydrogen-bond acceptors (Lipinski definition) is 2. The molecule has 0 spiro atoms. The van der Waals surface area contributed by atoms with Gasteiger partial charge in [-0.1, -0.05) is 22.9 Å². The number of hydrogen-bond donors (Lipinski definition) is 0. The van der Waals surface area contributed by atoms with E-state index < -0.39 is 0 Å². The summed E-state index contributed by atoms with van der Waals surface area (Å²) < 4.78 is 8.53. The minimum atomic E-state index is 0.267. The van der Waals surface area contributed by atoms with Crippen LogP contribution in [0.1, 0.15) is 25.2 Å². The molecule has 0 amide bonds. The summed E-state index contributed by atoms with van der Waals surface area (Å²) in [6, 6.07) is 6.35. The zero-order valence-corrected chi connectivity index (χ0v) is 12.8. The van der Waals surface area contributed by atoms with Gasteiger partial charge < -0.3 is 9.30 Å². The SMILES string of the molecule is CCC(COC)n1c(CCl)nc2ccc(Br)cc21. The Morgan fingerprint density at radius 2 is 2.28 bits per heavy atom. The molecule has 18 heavy (non-hydrogen) atoms. The fourth-order valence-electron chi connectivity index (χ4n) is 2.19. The molecular formula is C13H16BrClN2O. The maximum absolute atomic E-state index is 6.01. The first-order valence-corrected chi connectivity index (χ1v) is 7.25. The van der Waals surface area contributed by atoms with E-state index in [-0.39, 0.29) is 6.04 Å². The Morgan fingerprint density at radius 1 is 1.50 bits per heavy atom. The third-order valence-electron chi connectivity index (χ3n) is 3.04. The highest BCUT2D eigenvalue weighted by Crippen LogP contribution is 2.27. The molecule has 1 aromatic heterocycles. The maximum atomic E-state index is 6.01. The lowest BCUT2D eigenvalue weighted by Crippen LogP contribution is -2.16. The molecule has 5 heteroatoms. The minimum Gasteiger partial charge on any atom is -0.383 e. The fourth-order valence-corrected chi connectivity index (χ4v) is 2.72. The van der Waals surface area contributed by atoms with Gasteiger partial charge in [-0.3, -0.25) is 0 Å². The van der Waals surface area contributed by atoms with Gasteiger partial charge in [-0.2, -0.15) is 0 Å².